The molecule has 0 aromatic rings. The summed E-state index contributed by atoms with van der Waals surface area (Å²) >= 11 is 0. The van der Waals surface area contributed by atoms with Gasteiger partial charge in [0.25, 0.3) is 0 Å². The highest BCUT2D eigenvalue weighted by Crippen LogP contribution is 2.17. The van der Waals surface area contributed by atoms with Crippen molar-refractivity contribution < 1.29 is 4.74 Å². The monoisotopic (exact) mass is 199 g/mol. The Bertz CT molecular complexity index is 156. The van der Waals surface area contributed by atoms with Crippen LogP contribution in [-0.2, 0) is 4.74 Å². The van der Waals surface area contributed by atoms with Crippen molar-refractivity contribution in [1.29, 1.82) is 0 Å². The van der Waals surface area contributed by atoms with Gasteiger partial charge in [0.15, 0.2) is 0 Å². The molecule has 2 nitrogen and oxygen atoms in total. The van der Waals surface area contributed by atoms with Crippen molar-refractivity contribution in [3.63, 3.8) is 0 Å². The zero-order chi connectivity index (χ0) is 10.6. The van der Waals surface area contributed by atoms with Crippen molar-refractivity contribution in [3.8, 4) is 0 Å². The molecule has 1 N–H and O–H groups in total. The van der Waals surface area contributed by atoms with E-state index in [0.717, 1.165) is 19.1 Å². The highest BCUT2D eigenvalue weighted by Gasteiger charge is 2.24. The molecule has 1 rings (SSSR count). The molecule has 14 heavy (non-hydrogen) atoms. The summed E-state index contributed by atoms with van der Waals surface area (Å²) in [6.45, 7) is 10.9. The first-order valence-electron chi connectivity index (χ1n) is 5.93. The Morgan fingerprint density at radius 1 is 1.21 bits per heavy atom. The molecule has 0 radical (unpaired) electrons. The van der Waals surface area contributed by atoms with Gasteiger partial charge >= 0.3 is 0 Å². The van der Waals surface area contributed by atoms with Gasteiger partial charge in [-0.05, 0) is 24.7 Å². The van der Waals surface area contributed by atoms with Crippen molar-refractivity contribution in [2.75, 3.05) is 13.2 Å². The maximum atomic E-state index is 5.81. The zero-order valence-electron chi connectivity index (χ0n) is 10.0. The fraction of sp³-hybridized carbons (Fsp3) is 1.00. The summed E-state index contributed by atoms with van der Waals surface area (Å²) in [5.74, 6) is 1.44. The Labute approximate surface area is 88.4 Å². The van der Waals surface area contributed by atoms with Crippen LogP contribution in [0.1, 0.15) is 40.5 Å². The lowest BCUT2D eigenvalue weighted by molar-refractivity contribution is 0.0468. The molecule has 0 unspecified atom stereocenters. The van der Waals surface area contributed by atoms with E-state index >= 15 is 0 Å². The molecule has 1 aliphatic heterocycles. The molecule has 0 aromatic carbocycles. The first-order chi connectivity index (χ1) is 6.58. The molecule has 84 valence electrons. The van der Waals surface area contributed by atoms with Gasteiger partial charge in [0.05, 0.1) is 6.10 Å². The van der Waals surface area contributed by atoms with Crippen molar-refractivity contribution in [2.24, 2.45) is 11.8 Å². The fourth-order valence-corrected chi connectivity index (χ4v) is 1.99. The van der Waals surface area contributed by atoms with Crippen molar-refractivity contribution in [2.45, 2.75) is 52.7 Å². The van der Waals surface area contributed by atoms with Crippen LogP contribution in [0.3, 0.4) is 0 Å². The van der Waals surface area contributed by atoms with Gasteiger partial charge in [0.1, 0.15) is 0 Å². The Kier molecular flexibility index (Phi) is 4.90. The van der Waals surface area contributed by atoms with E-state index in [0.29, 0.717) is 18.1 Å². The molecule has 1 aliphatic rings. The molecular formula is C12H25NO. The van der Waals surface area contributed by atoms with E-state index in [1.807, 2.05) is 0 Å². The van der Waals surface area contributed by atoms with E-state index in [4.69, 9.17) is 4.74 Å². The molecule has 0 bridgehead atoms. The maximum Gasteiger partial charge on any atom is 0.0714 e. The third-order valence-electron chi connectivity index (χ3n) is 2.60. The van der Waals surface area contributed by atoms with Gasteiger partial charge in [-0.2, -0.15) is 0 Å². The normalized spacial score (nSPS) is 27.9. The molecule has 1 saturated heterocycles. The molecule has 0 spiro atoms. The van der Waals surface area contributed by atoms with Gasteiger partial charge in [-0.25, -0.2) is 0 Å². The van der Waals surface area contributed by atoms with Crippen molar-refractivity contribution in [3.05, 3.63) is 0 Å². The van der Waals surface area contributed by atoms with Gasteiger partial charge in [-0.3, -0.25) is 0 Å². The number of ether oxygens (including phenoxy) is 1. The molecule has 2 heteroatoms. The van der Waals surface area contributed by atoms with Crippen LogP contribution in [-0.4, -0.2) is 25.3 Å². The average molecular weight is 199 g/mol. The number of hydrogen-bond donors (Lipinski definition) is 1. The summed E-state index contributed by atoms with van der Waals surface area (Å²) in [5.41, 5.74) is 0. The summed E-state index contributed by atoms with van der Waals surface area (Å²) in [7, 11) is 0. The average Bonchev–Trinajstić information content (AvgIpc) is 2.47. The minimum atomic E-state index is 0.459. The first kappa shape index (κ1) is 12.0. The molecule has 0 aliphatic carbocycles. The lowest BCUT2D eigenvalue weighted by Gasteiger charge is -2.14. The molecule has 2 atom stereocenters. The third kappa shape index (κ3) is 4.43. The second-order valence-electron chi connectivity index (χ2n) is 5.32. The molecule has 0 amide bonds. The summed E-state index contributed by atoms with van der Waals surface area (Å²) in [6.07, 6.45) is 2.94. The Hall–Kier alpha value is -0.0800. The van der Waals surface area contributed by atoms with E-state index in [1.54, 1.807) is 0 Å². The third-order valence-corrected chi connectivity index (χ3v) is 2.60. The second kappa shape index (κ2) is 5.72. The van der Waals surface area contributed by atoms with Crippen LogP contribution in [0.5, 0.6) is 0 Å². The minimum Gasteiger partial charge on any atom is -0.377 e. The SMILES string of the molecule is CC(C)CO[C@@H]1CN[C@@H](CC(C)C)C1. The van der Waals surface area contributed by atoms with E-state index in [-0.39, 0.29) is 0 Å². The maximum absolute atomic E-state index is 5.81. The van der Waals surface area contributed by atoms with Crippen molar-refractivity contribution in [1.82, 2.24) is 5.32 Å². The first-order valence-corrected chi connectivity index (χ1v) is 5.93. The highest BCUT2D eigenvalue weighted by atomic mass is 16.5. The fourth-order valence-electron chi connectivity index (χ4n) is 1.99. The van der Waals surface area contributed by atoms with Gasteiger partial charge in [-0.1, -0.05) is 27.7 Å². The lowest BCUT2D eigenvalue weighted by Crippen LogP contribution is -2.23. The van der Waals surface area contributed by atoms with Crippen LogP contribution in [0.25, 0.3) is 0 Å². The number of rotatable bonds is 5. The summed E-state index contributed by atoms with van der Waals surface area (Å²) in [6, 6.07) is 0.687. The van der Waals surface area contributed by atoms with Crippen LogP contribution in [0.4, 0.5) is 0 Å². The Morgan fingerprint density at radius 3 is 2.50 bits per heavy atom. The molecule has 1 heterocycles. The summed E-state index contributed by atoms with van der Waals surface area (Å²) in [5, 5.41) is 3.54. The summed E-state index contributed by atoms with van der Waals surface area (Å²) in [4.78, 5) is 0. The molecule has 1 fully saturated rings. The van der Waals surface area contributed by atoms with Crippen LogP contribution in [0, 0.1) is 11.8 Å². The molecule has 0 saturated carbocycles. The van der Waals surface area contributed by atoms with Gasteiger partial charge in [0.2, 0.25) is 0 Å². The van der Waals surface area contributed by atoms with Gasteiger partial charge in [-0.15, -0.1) is 0 Å². The Balaban J connectivity index is 2.14. The number of nitrogens with one attached hydrogen (secondary N) is 1. The second-order valence-corrected chi connectivity index (χ2v) is 5.32. The van der Waals surface area contributed by atoms with E-state index in [2.05, 4.69) is 33.0 Å². The summed E-state index contributed by atoms with van der Waals surface area (Å²) < 4.78 is 5.81. The largest absolute Gasteiger partial charge is 0.377 e. The predicted octanol–water partition coefficient (Wildman–Crippen LogP) is 2.44. The minimum absolute atomic E-state index is 0.459. The lowest BCUT2D eigenvalue weighted by atomic mass is 10.0. The van der Waals surface area contributed by atoms with Gasteiger partial charge in [0, 0.05) is 19.2 Å². The molecular weight excluding hydrogens is 174 g/mol. The van der Waals surface area contributed by atoms with Gasteiger partial charge < -0.3 is 10.1 Å². The van der Waals surface area contributed by atoms with Crippen LogP contribution in [0.2, 0.25) is 0 Å². The van der Waals surface area contributed by atoms with E-state index < -0.39 is 0 Å². The van der Waals surface area contributed by atoms with Crippen LogP contribution >= 0.6 is 0 Å². The molecule has 0 aromatic heterocycles. The smallest absolute Gasteiger partial charge is 0.0714 e. The number of hydrogen-bond acceptors (Lipinski definition) is 2. The van der Waals surface area contributed by atoms with E-state index in [1.165, 1.54) is 12.8 Å². The zero-order valence-corrected chi connectivity index (χ0v) is 10.0. The topological polar surface area (TPSA) is 21.3 Å². The van der Waals surface area contributed by atoms with Crippen LogP contribution in [0.15, 0.2) is 0 Å². The van der Waals surface area contributed by atoms with Crippen LogP contribution < -0.4 is 5.32 Å². The Morgan fingerprint density at radius 2 is 1.93 bits per heavy atom. The highest BCUT2D eigenvalue weighted by molar-refractivity contribution is 4.82. The van der Waals surface area contributed by atoms with E-state index in [9.17, 15) is 0 Å². The standard InChI is InChI=1S/C12H25NO/c1-9(2)5-11-6-12(7-13-11)14-8-10(3)4/h9-13H,5-8H2,1-4H3/t11-,12-/m0/s1. The van der Waals surface area contributed by atoms with Crippen molar-refractivity contribution >= 4 is 0 Å². The predicted molar refractivity (Wildman–Crippen MR) is 60.4 cm³/mol. The quantitative estimate of drug-likeness (QED) is 0.734.